The lowest BCUT2D eigenvalue weighted by Crippen LogP contribution is -2.37. The maximum absolute atomic E-state index is 12.8. The third-order valence-corrected chi connectivity index (χ3v) is 8.38. The van der Waals surface area contributed by atoms with E-state index in [1.165, 1.54) is 28.6 Å². The van der Waals surface area contributed by atoms with E-state index in [9.17, 15) is 18.0 Å². The minimum Gasteiger partial charge on any atom is -0.352 e. The summed E-state index contributed by atoms with van der Waals surface area (Å²) in [7, 11) is -3.52. The molecule has 0 radical (unpaired) electrons. The molecule has 1 unspecified atom stereocenters. The minimum atomic E-state index is -3.52. The van der Waals surface area contributed by atoms with Crippen LogP contribution in [0.25, 0.3) is 6.08 Å². The van der Waals surface area contributed by atoms with Gasteiger partial charge in [-0.1, -0.05) is 24.6 Å². The topological polar surface area (TPSA) is 95.9 Å². The van der Waals surface area contributed by atoms with E-state index in [-0.39, 0.29) is 22.6 Å². The Kier molecular flexibility index (Phi) is 6.76. The Morgan fingerprint density at radius 3 is 2.45 bits per heavy atom. The summed E-state index contributed by atoms with van der Waals surface area (Å²) >= 11 is 0. The van der Waals surface area contributed by atoms with Gasteiger partial charge in [-0.25, -0.2) is 13.4 Å². The van der Waals surface area contributed by atoms with E-state index in [4.69, 9.17) is 0 Å². The zero-order chi connectivity index (χ0) is 23.6. The van der Waals surface area contributed by atoms with Crippen molar-refractivity contribution in [1.29, 1.82) is 0 Å². The van der Waals surface area contributed by atoms with Crippen molar-refractivity contribution in [2.24, 2.45) is 10.9 Å². The Balaban J connectivity index is 1.37. The number of benzene rings is 2. The highest BCUT2D eigenvalue weighted by Crippen LogP contribution is 2.21. The maximum atomic E-state index is 12.8. The highest BCUT2D eigenvalue weighted by atomic mass is 32.2. The molecule has 2 aliphatic rings. The summed E-state index contributed by atoms with van der Waals surface area (Å²) < 4.78 is 27.0. The quantitative estimate of drug-likeness (QED) is 0.701. The molecule has 2 amide bonds. The number of hydrogen-bond donors (Lipinski definition) is 1. The van der Waals surface area contributed by atoms with Gasteiger partial charge in [-0.15, -0.1) is 0 Å². The van der Waals surface area contributed by atoms with Gasteiger partial charge < -0.3 is 5.32 Å². The predicted octanol–water partition coefficient (Wildman–Crippen LogP) is 1.85. The van der Waals surface area contributed by atoms with Crippen molar-refractivity contribution < 1.29 is 18.0 Å². The number of nitrogens with one attached hydrogen (secondary N) is 1. The van der Waals surface area contributed by atoms with Gasteiger partial charge in [-0.2, -0.15) is 4.31 Å². The second-order valence-corrected chi connectivity index (χ2v) is 10.6. The fourth-order valence-electron chi connectivity index (χ4n) is 4.27. The summed E-state index contributed by atoms with van der Waals surface area (Å²) in [6.45, 7) is 5.35. The SMILES string of the molecule is Cc1ccc2c(c1C)=NC(=O)C(CCNC(=O)c1ccc(S(=O)(=O)N3CCCCC3)cc1)C=2. The molecule has 2 aromatic rings. The van der Waals surface area contributed by atoms with Gasteiger partial charge in [-0.3, -0.25) is 9.59 Å². The summed E-state index contributed by atoms with van der Waals surface area (Å²) in [6, 6.07) is 10.0. The lowest BCUT2D eigenvalue weighted by molar-refractivity contribution is -0.120. The molecule has 0 aromatic heterocycles. The van der Waals surface area contributed by atoms with E-state index in [0.29, 0.717) is 31.6 Å². The molecule has 33 heavy (non-hydrogen) atoms. The van der Waals surface area contributed by atoms with Gasteiger partial charge in [0.2, 0.25) is 10.0 Å². The van der Waals surface area contributed by atoms with Crippen LogP contribution >= 0.6 is 0 Å². The second kappa shape index (κ2) is 9.57. The van der Waals surface area contributed by atoms with Crippen molar-refractivity contribution in [1.82, 2.24) is 9.62 Å². The van der Waals surface area contributed by atoms with Crippen molar-refractivity contribution in [3.8, 4) is 0 Å². The van der Waals surface area contributed by atoms with Crippen LogP contribution in [0.5, 0.6) is 0 Å². The highest BCUT2D eigenvalue weighted by Gasteiger charge is 2.26. The average Bonchev–Trinajstić information content (AvgIpc) is 2.83. The third-order valence-electron chi connectivity index (χ3n) is 6.46. The minimum absolute atomic E-state index is 0.197. The van der Waals surface area contributed by atoms with E-state index in [1.807, 2.05) is 32.1 Å². The van der Waals surface area contributed by atoms with Crippen molar-refractivity contribution >= 4 is 27.9 Å². The van der Waals surface area contributed by atoms with Crippen LogP contribution in [0.1, 0.15) is 47.2 Å². The lowest BCUT2D eigenvalue weighted by Gasteiger charge is -2.25. The predicted molar refractivity (Wildman–Crippen MR) is 126 cm³/mol. The Morgan fingerprint density at radius 2 is 1.76 bits per heavy atom. The first kappa shape index (κ1) is 23.3. The molecular formula is C25H29N3O4S. The van der Waals surface area contributed by atoms with Crippen LogP contribution < -0.4 is 15.9 Å². The first-order valence-corrected chi connectivity index (χ1v) is 12.8. The molecule has 174 valence electrons. The number of nitrogens with zero attached hydrogens (tertiary/aromatic N) is 2. The number of amides is 2. The fraction of sp³-hybridized carbons (Fsp3) is 0.400. The van der Waals surface area contributed by atoms with Gasteiger partial charge in [0, 0.05) is 25.2 Å². The Hall–Kier alpha value is -2.84. The summed E-state index contributed by atoms with van der Waals surface area (Å²) in [6.07, 6.45) is 5.16. The van der Waals surface area contributed by atoms with Crippen LogP contribution in [0.15, 0.2) is 46.3 Å². The number of hydrogen-bond acceptors (Lipinski definition) is 4. The van der Waals surface area contributed by atoms with Crippen LogP contribution in [0.4, 0.5) is 0 Å². The van der Waals surface area contributed by atoms with Crippen LogP contribution in [-0.4, -0.2) is 44.2 Å². The first-order valence-electron chi connectivity index (χ1n) is 11.4. The molecule has 1 saturated heterocycles. The Morgan fingerprint density at radius 1 is 1.06 bits per heavy atom. The van der Waals surface area contributed by atoms with E-state index in [1.54, 1.807) is 0 Å². The number of aryl methyl sites for hydroxylation is 1. The summed E-state index contributed by atoms with van der Waals surface area (Å²) in [4.78, 5) is 29.5. The molecule has 1 fully saturated rings. The van der Waals surface area contributed by atoms with Crippen LogP contribution in [0.2, 0.25) is 0 Å². The number of piperidine rings is 1. The molecule has 2 heterocycles. The standard InChI is InChI=1S/C25H29N3O4S/c1-17-6-7-20-16-21(25(30)27-23(20)18(17)2)12-13-26-24(29)19-8-10-22(11-9-19)33(31,32)28-14-4-3-5-15-28/h6-11,16,21H,3-5,12-15H2,1-2H3,(H,26,29). The average molecular weight is 468 g/mol. The lowest BCUT2D eigenvalue weighted by atomic mass is 9.98. The molecule has 1 N–H and O–H groups in total. The second-order valence-electron chi connectivity index (χ2n) is 8.70. The summed E-state index contributed by atoms with van der Waals surface area (Å²) in [5, 5.41) is 4.50. The van der Waals surface area contributed by atoms with Crippen molar-refractivity contribution in [2.45, 2.75) is 44.4 Å². The molecule has 2 aromatic carbocycles. The highest BCUT2D eigenvalue weighted by molar-refractivity contribution is 7.89. The van der Waals surface area contributed by atoms with E-state index in [0.717, 1.165) is 41.0 Å². The van der Waals surface area contributed by atoms with Gasteiger partial charge in [0.1, 0.15) is 0 Å². The molecule has 0 saturated carbocycles. The number of sulfonamides is 1. The number of rotatable bonds is 6. The number of carbonyl (C=O) groups is 2. The van der Waals surface area contributed by atoms with Crippen LogP contribution in [-0.2, 0) is 14.8 Å². The Bertz CT molecular complexity index is 1290. The fourth-order valence-corrected chi connectivity index (χ4v) is 5.79. The zero-order valence-corrected chi connectivity index (χ0v) is 19.8. The van der Waals surface area contributed by atoms with Crippen molar-refractivity contribution in [3.05, 3.63) is 63.7 Å². The molecule has 7 nitrogen and oxygen atoms in total. The number of fused-ring (bicyclic) bond motifs is 1. The zero-order valence-electron chi connectivity index (χ0n) is 19.0. The van der Waals surface area contributed by atoms with Gasteiger partial charge in [0.25, 0.3) is 11.8 Å². The molecule has 8 heteroatoms. The van der Waals surface area contributed by atoms with Crippen LogP contribution in [0, 0.1) is 19.8 Å². The largest absolute Gasteiger partial charge is 0.352 e. The molecule has 0 aliphatic carbocycles. The van der Waals surface area contributed by atoms with Gasteiger partial charge >= 0.3 is 0 Å². The van der Waals surface area contributed by atoms with Gasteiger partial charge in [0.15, 0.2) is 0 Å². The van der Waals surface area contributed by atoms with Gasteiger partial charge in [-0.05, 0) is 73.7 Å². The molecular weight excluding hydrogens is 438 g/mol. The molecule has 2 aliphatic heterocycles. The van der Waals surface area contributed by atoms with E-state index in [2.05, 4.69) is 10.3 Å². The smallest absolute Gasteiger partial charge is 0.253 e. The number of carbonyl (C=O) groups excluding carboxylic acids is 2. The first-order chi connectivity index (χ1) is 15.8. The maximum Gasteiger partial charge on any atom is 0.253 e. The van der Waals surface area contributed by atoms with E-state index < -0.39 is 10.0 Å². The van der Waals surface area contributed by atoms with Crippen molar-refractivity contribution in [2.75, 3.05) is 19.6 Å². The summed E-state index contributed by atoms with van der Waals surface area (Å²) in [5.41, 5.74) is 2.49. The molecule has 1 atom stereocenters. The van der Waals surface area contributed by atoms with Crippen molar-refractivity contribution in [3.63, 3.8) is 0 Å². The molecule has 4 rings (SSSR count). The summed E-state index contributed by atoms with van der Waals surface area (Å²) in [5.74, 6) is -0.876. The molecule has 0 bridgehead atoms. The monoisotopic (exact) mass is 467 g/mol. The molecule has 0 spiro atoms. The Labute approximate surface area is 194 Å². The van der Waals surface area contributed by atoms with E-state index >= 15 is 0 Å². The van der Waals surface area contributed by atoms with Crippen LogP contribution in [0.3, 0.4) is 0 Å². The normalized spacial score (nSPS) is 18.7. The third kappa shape index (κ3) is 4.91. The van der Waals surface area contributed by atoms with Gasteiger partial charge in [0.05, 0.1) is 16.2 Å².